The number of aromatic nitrogens is 4. The zero-order chi connectivity index (χ0) is 14.1. The van der Waals surface area contributed by atoms with Gasteiger partial charge in [-0.25, -0.2) is 9.97 Å². The van der Waals surface area contributed by atoms with E-state index in [1.807, 2.05) is 24.3 Å². The molecule has 0 atom stereocenters. The van der Waals surface area contributed by atoms with Crippen LogP contribution >= 0.6 is 0 Å². The van der Waals surface area contributed by atoms with Crippen molar-refractivity contribution in [3.8, 4) is 5.82 Å². The summed E-state index contributed by atoms with van der Waals surface area (Å²) in [5.41, 5.74) is 1.65. The van der Waals surface area contributed by atoms with Crippen LogP contribution in [-0.2, 0) is 6.54 Å². The third-order valence-electron chi connectivity index (χ3n) is 3.14. The second-order valence-corrected chi connectivity index (χ2v) is 5.21. The second kappa shape index (κ2) is 4.92. The molecule has 0 unspecified atom stereocenters. The molecule has 0 fully saturated rings. The second-order valence-electron chi connectivity index (χ2n) is 5.21. The number of hydrogen-bond donors (Lipinski definition) is 0. The van der Waals surface area contributed by atoms with E-state index in [2.05, 4.69) is 23.8 Å². The summed E-state index contributed by atoms with van der Waals surface area (Å²) in [5, 5.41) is 0. The molecule has 0 N–H and O–H groups in total. The Labute approximate surface area is 116 Å². The first-order valence-electron chi connectivity index (χ1n) is 6.64. The van der Waals surface area contributed by atoms with E-state index in [0.29, 0.717) is 18.3 Å². The molecular weight excluding hydrogens is 252 g/mol. The Morgan fingerprint density at radius 2 is 2.00 bits per heavy atom. The van der Waals surface area contributed by atoms with Crippen LogP contribution < -0.4 is 5.56 Å². The van der Waals surface area contributed by atoms with Gasteiger partial charge < -0.3 is 4.57 Å². The smallest absolute Gasteiger partial charge is 0.294 e. The average Bonchev–Trinajstić information content (AvgIpc) is 2.85. The van der Waals surface area contributed by atoms with Gasteiger partial charge in [0.25, 0.3) is 5.56 Å². The van der Waals surface area contributed by atoms with E-state index in [4.69, 9.17) is 0 Å². The molecule has 0 radical (unpaired) electrons. The van der Waals surface area contributed by atoms with Crippen LogP contribution in [0.3, 0.4) is 0 Å². The van der Waals surface area contributed by atoms with Gasteiger partial charge >= 0.3 is 0 Å². The zero-order valence-corrected chi connectivity index (χ0v) is 11.5. The Morgan fingerprint density at radius 1 is 1.20 bits per heavy atom. The van der Waals surface area contributed by atoms with E-state index in [1.165, 1.54) is 0 Å². The number of imidazole rings is 1. The molecule has 0 aliphatic rings. The van der Waals surface area contributed by atoms with E-state index in [-0.39, 0.29) is 5.56 Å². The maximum atomic E-state index is 12.5. The van der Waals surface area contributed by atoms with Crippen LogP contribution in [0.4, 0.5) is 0 Å². The number of benzene rings is 1. The molecule has 0 saturated carbocycles. The highest BCUT2D eigenvalue weighted by Crippen LogP contribution is 2.14. The topological polar surface area (TPSA) is 52.7 Å². The highest BCUT2D eigenvalue weighted by molar-refractivity contribution is 5.76. The van der Waals surface area contributed by atoms with E-state index in [1.54, 1.807) is 27.9 Å². The Hall–Kier alpha value is -2.43. The van der Waals surface area contributed by atoms with Crippen molar-refractivity contribution >= 4 is 11.0 Å². The molecule has 0 aliphatic heterocycles. The molecule has 2 heterocycles. The summed E-state index contributed by atoms with van der Waals surface area (Å²) in [6.07, 6.45) is 5.03. The zero-order valence-electron chi connectivity index (χ0n) is 11.5. The van der Waals surface area contributed by atoms with Crippen LogP contribution in [0.1, 0.15) is 13.8 Å². The molecule has 0 amide bonds. The first kappa shape index (κ1) is 12.6. The van der Waals surface area contributed by atoms with Crippen molar-refractivity contribution in [2.75, 3.05) is 0 Å². The number of para-hydroxylation sites is 2. The van der Waals surface area contributed by atoms with Gasteiger partial charge in [0.2, 0.25) is 5.82 Å². The van der Waals surface area contributed by atoms with Crippen LogP contribution in [0.2, 0.25) is 0 Å². The molecule has 0 aliphatic carbocycles. The van der Waals surface area contributed by atoms with Gasteiger partial charge in [-0.2, -0.15) is 0 Å². The lowest BCUT2D eigenvalue weighted by Gasteiger charge is -2.10. The molecule has 0 spiro atoms. The highest BCUT2D eigenvalue weighted by Gasteiger charge is 2.11. The first-order valence-corrected chi connectivity index (χ1v) is 6.64. The third kappa shape index (κ3) is 2.11. The van der Waals surface area contributed by atoms with Crippen molar-refractivity contribution in [2.24, 2.45) is 5.92 Å². The molecule has 1 aromatic carbocycles. The van der Waals surface area contributed by atoms with Gasteiger partial charge in [0.1, 0.15) is 6.33 Å². The summed E-state index contributed by atoms with van der Waals surface area (Å²) in [5.74, 6) is 0.796. The van der Waals surface area contributed by atoms with Crippen LogP contribution in [0.5, 0.6) is 0 Å². The number of fused-ring (bicyclic) bond motifs is 1. The first-order chi connectivity index (χ1) is 9.66. The average molecular weight is 268 g/mol. The van der Waals surface area contributed by atoms with Gasteiger partial charge in [-0.05, 0) is 18.1 Å². The summed E-state index contributed by atoms with van der Waals surface area (Å²) >= 11 is 0. The molecule has 0 bridgehead atoms. The summed E-state index contributed by atoms with van der Waals surface area (Å²) in [6.45, 7) is 4.85. The molecule has 3 aromatic rings. The van der Waals surface area contributed by atoms with Gasteiger partial charge in [-0.1, -0.05) is 26.0 Å². The summed E-state index contributed by atoms with van der Waals surface area (Å²) in [4.78, 5) is 21.0. The molecule has 5 nitrogen and oxygen atoms in total. The fourth-order valence-electron chi connectivity index (χ4n) is 2.27. The third-order valence-corrected chi connectivity index (χ3v) is 3.14. The van der Waals surface area contributed by atoms with Crippen molar-refractivity contribution in [1.82, 2.24) is 19.1 Å². The van der Waals surface area contributed by atoms with Crippen LogP contribution in [0, 0.1) is 5.92 Å². The Balaban J connectivity index is 2.17. The number of nitrogens with zero attached hydrogens (tertiary/aromatic N) is 4. The van der Waals surface area contributed by atoms with E-state index in [9.17, 15) is 4.79 Å². The van der Waals surface area contributed by atoms with Crippen LogP contribution in [0.15, 0.2) is 47.8 Å². The van der Waals surface area contributed by atoms with Gasteiger partial charge in [0.05, 0.1) is 11.0 Å². The molecule has 2 aromatic heterocycles. The van der Waals surface area contributed by atoms with E-state index >= 15 is 0 Å². The molecule has 20 heavy (non-hydrogen) atoms. The predicted octanol–water partition coefficient (Wildman–Crippen LogP) is 2.24. The minimum atomic E-state index is -0.0932. The highest BCUT2D eigenvalue weighted by atomic mass is 16.1. The molecule has 5 heteroatoms. The minimum absolute atomic E-state index is 0.0932. The standard InChI is InChI=1S/C15H16N4O/c1-11(2)9-18-8-7-16-14(15(18)20)19-10-17-12-5-3-4-6-13(12)19/h3-8,10-11H,9H2,1-2H3. The maximum absolute atomic E-state index is 12.5. The fraction of sp³-hybridized carbons (Fsp3) is 0.267. The molecular formula is C15H16N4O. The largest absolute Gasteiger partial charge is 0.311 e. The van der Waals surface area contributed by atoms with Crippen LogP contribution in [-0.4, -0.2) is 19.1 Å². The summed E-state index contributed by atoms with van der Waals surface area (Å²) in [7, 11) is 0. The van der Waals surface area contributed by atoms with Crippen LogP contribution in [0.25, 0.3) is 16.9 Å². The maximum Gasteiger partial charge on any atom is 0.294 e. The van der Waals surface area contributed by atoms with Gasteiger partial charge in [0, 0.05) is 18.9 Å². The van der Waals surface area contributed by atoms with Gasteiger partial charge in [0.15, 0.2) is 0 Å². The Morgan fingerprint density at radius 3 is 2.80 bits per heavy atom. The van der Waals surface area contributed by atoms with Crippen molar-refractivity contribution in [3.05, 3.63) is 53.3 Å². The minimum Gasteiger partial charge on any atom is -0.311 e. The molecule has 3 rings (SSSR count). The number of rotatable bonds is 3. The lowest BCUT2D eigenvalue weighted by atomic mass is 10.2. The van der Waals surface area contributed by atoms with Crippen molar-refractivity contribution in [2.45, 2.75) is 20.4 Å². The predicted molar refractivity (Wildman–Crippen MR) is 78.0 cm³/mol. The normalized spacial score (nSPS) is 11.3. The monoisotopic (exact) mass is 268 g/mol. The molecule has 102 valence electrons. The van der Waals surface area contributed by atoms with Crippen molar-refractivity contribution < 1.29 is 0 Å². The van der Waals surface area contributed by atoms with E-state index < -0.39 is 0 Å². The summed E-state index contributed by atoms with van der Waals surface area (Å²) < 4.78 is 3.44. The lowest BCUT2D eigenvalue weighted by Crippen LogP contribution is -2.26. The number of hydrogen-bond acceptors (Lipinski definition) is 3. The lowest BCUT2D eigenvalue weighted by molar-refractivity contribution is 0.507. The summed E-state index contributed by atoms with van der Waals surface area (Å²) in [6, 6.07) is 7.70. The van der Waals surface area contributed by atoms with E-state index in [0.717, 1.165) is 11.0 Å². The molecule has 0 saturated heterocycles. The SMILES string of the molecule is CC(C)Cn1ccnc(-n2cnc3ccccc32)c1=O. The quantitative estimate of drug-likeness (QED) is 0.732. The Kier molecular flexibility index (Phi) is 3.10. The van der Waals surface area contributed by atoms with Crippen molar-refractivity contribution in [1.29, 1.82) is 0 Å². The Bertz CT molecular complexity index is 801. The van der Waals surface area contributed by atoms with Crippen molar-refractivity contribution in [3.63, 3.8) is 0 Å². The van der Waals surface area contributed by atoms with Gasteiger partial charge in [-0.15, -0.1) is 0 Å². The fourth-order valence-corrected chi connectivity index (χ4v) is 2.27. The van der Waals surface area contributed by atoms with Gasteiger partial charge in [-0.3, -0.25) is 9.36 Å².